The van der Waals surface area contributed by atoms with Gasteiger partial charge in [0.25, 0.3) is 0 Å². The van der Waals surface area contributed by atoms with E-state index in [0.717, 1.165) is 27.7 Å². The first-order valence-electron chi connectivity index (χ1n) is 7.38. The molecule has 0 aromatic heterocycles. The number of hydrogen-bond acceptors (Lipinski definition) is 14. The molecule has 3 unspecified atom stereocenters. The summed E-state index contributed by atoms with van der Waals surface area (Å²) in [5.41, 5.74) is -3.27. The summed E-state index contributed by atoms with van der Waals surface area (Å²) in [4.78, 5) is 92.0. The van der Waals surface area contributed by atoms with Crippen LogP contribution < -0.4 is 0 Å². The van der Waals surface area contributed by atoms with Crippen molar-refractivity contribution < 1.29 is 68.3 Å². The smallest absolute Gasteiger partial charge is 0.388 e. The molecular formula is C14H18O14. The van der Waals surface area contributed by atoms with Crippen molar-refractivity contribution in [1.82, 2.24) is 0 Å². The number of carbonyl (C=O) groups excluding carboxylic acids is 6. The molecule has 0 radical (unpaired) electrons. The molecule has 0 aliphatic heterocycles. The zero-order chi connectivity index (χ0) is 22.1. The Bertz CT molecular complexity index is 638. The minimum Gasteiger partial charge on any atom is -0.392 e. The van der Waals surface area contributed by atoms with Crippen molar-refractivity contribution in [2.75, 3.05) is 0 Å². The molecule has 0 bridgehead atoms. The van der Waals surface area contributed by atoms with Crippen LogP contribution in [0.4, 0.5) is 0 Å². The average molecular weight is 410 g/mol. The van der Waals surface area contributed by atoms with Crippen molar-refractivity contribution >= 4 is 35.8 Å². The third-order valence-electron chi connectivity index (χ3n) is 2.75. The summed E-state index contributed by atoms with van der Waals surface area (Å²) in [6.07, 6.45) is -3.34. The van der Waals surface area contributed by atoms with Crippen LogP contribution >= 0.6 is 0 Å². The van der Waals surface area contributed by atoms with Gasteiger partial charge in [0.2, 0.25) is 0 Å². The maximum Gasteiger partial charge on any atom is 0.388 e. The van der Waals surface area contributed by atoms with Gasteiger partial charge in [0.1, 0.15) is 5.92 Å². The first-order valence-corrected chi connectivity index (χ1v) is 7.38. The van der Waals surface area contributed by atoms with Gasteiger partial charge in [-0.1, -0.05) is 0 Å². The van der Waals surface area contributed by atoms with Gasteiger partial charge in [0.15, 0.2) is 5.60 Å². The molecule has 0 amide bonds. The molecular weight excluding hydrogens is 392 g/mol. The summed E-state index contributed by atoms with van der Waals surface area (Å²) in [6, 6.07) is 0. The third kappa shape index (κ3) is 7.96. The second-order valence-corrected chi connectivity index (χ2v) is 5.27. The predicted molar refractivity (Wildman–Crippen MR) is 78.3 cm³/mol. The van der Waals surface area contributed by atoms with Gasteiger partial charge in [-0.3, -0.25) is 0 Å². The normalized spacial score (nSPS) is 14.4. The summed E-state index contributed by atoms with van der Waals surface area (Å²) in [5, 5.41) is 20.4. The van der Waals surface area contributed by atoms with Gasteiger partial charge < -0.3 is 10.2 Å². The monoisotopic (exact) mass is 410 g/mol. The summed E-state index contributed by atoms with van der Waals surface area (Å²) < 4.78 is 0. The Balaban J connectivity index is 5.77. The molecule has 0 aliphatic rings. The van der Waals surface area contributed by atoms with Crippen LogP contribution in [0.5, 0.6) is 0 Å². The largest absolute Gasteiger partial charge is 0.392 e. The predicted octanol–water partition coefficient (Wildman–Crippen LogP) is -1.83. The summed E-state index contributed by atoms with van der Waals surface area (Å²) in [6.45, 7) is 3.44. The number of aliphatic hydroxyl groups excluding tert-OH is 1. The van der Waals surface area contributed by atoms with E-state index in [1.54, 1.807) is 0 Å². The van der Waals surface area contributed by atoms with Gasteiger partial charge in [0.05, 0.1) is 12.5 Å². The van der Waals surface area contributed by atoms with Crippen molar-refractivity contribution in [3.63, 3.8) is 0 Å². The lowest BCUT2D eigenvalue weighted by molar-refractivity contribution is -0.286. The number of aliphatic hydroxyl groups is 2. The van der Waals surface area contributed by atoms with Crippen LogP contribution in [0.25, 0.3) is 0 Å². The molecule has 0 saturated carbocycles. The van der Waals surface area contributed by atoms with Crippen LogP contribution in [-0.2, 0) is 58.1 Å². The van der Waals surface area contributed by atoms with Crippen molar-refractivity contribution in [1.29, 1.82) is 0 Å². The Morgan fingerprint density at radius 1 is 0.786 bits per heavy atom. The zero-order valence-corrected chi connectivity index (χ0v) is 15.2. The van der Waals surface area contributed by atoms with Gasteiger partial charge in [0, 0.05) is 20.8 Å². The van der Waals surface area contributed by atoms with Crippen LogP contribution in [0.2, 0.25) is 0 Å². The lowest BCUT2D eigenvalue weighted by Crippen LogP contribution is -2.56. The molecule has 14 heteroatoms. The molecule has 0 aliphatic carbocycles. The summed E-state index contributed by atoms with van der Waals surface area (Å²) in [5.74, 6) is -10.8. The van der Waals surface area contributed by atoms with E-state index in [1.165, 1.54) is 0 Å². The Morgan fingerprint density at radius 3 is 1.64 bits per heavy atom. The van der Waals surface area contributed by atoms with Crippen LogP contribution in [-0.4, -0.2) is 57.7 Å². The highest BCUT2D eigenvalue weighted by Crippen LogP contribution is 2.29. The van der Waals surface area contributed by atoms with Crippen molar-refractivity contribution in [3.8, 4) is 0 Å². The fourth-order valence-corrected chi connectivity index (χ4v) is 1.77. The molecule has 14 nitrogen and oxygen atoms in total. The molecule has 3 atom stereocenters. The maximum atomic E-state index is 12.1. The Hall–Kier alpha value is -3.26. The quantitative estimate of drug-likeness (QED) is 0.366. The van der Waals surface area contributed by atoms with E-state index in [2.05, 4.69) is 29.3 Å². The van der Waals surface area contributed by atoms with E-state index in [4.69, 9.17) is 0 Å². The molecule has 28 heavy (non-hydrogen) atoms. The summed E-state index contributed by atoms with van der Waals surface area (Å²) in [7, 11) is 0. The lowest BCUT2D eigenvalue weighted by atomic mass is 9.81. The topological polar surface area (TPSA) is 198 Å². The molecule has 0 heterocycles. The Morgan fingerprint density at radius 2 is 1.21 bits per heavy atom. The summed E-state index contributed by atoms with van der Waals surface area (Å²) >= 11 is 0. The molecule has 0 spiro atoms. The van der Waals surface area contributed by atoms with Crippen LogP contribution in [0, 0.1) is 5.92 Å². The fraction of sp³-hybridized carbons (Fsp3) is 0.571. The first-order chi connectivity index (χ1) is 12.8. The van der Waals surface area contributed by atoms with Gasteiger partial charge in [-0.05, 0) is 6.92 Å². The SMILES string of the molecule is CC(=O)OOC(=O)CC(O)(C(=O)OOC(C)=O)C(C(=O)OOC(C)=O)C(C)O. The van der Waals surface area contributed by atoms with Gasteiger partial charge in [-0.2, -0.15) is 0 Å². The highest BCUT2D eigenvalue weighted by atomic mass is 17.2. The second-order valence-electron chi connectivity index (χ2n) is 5.27. The van der Waals surface area contributed by atoms with Crippen LogP contribution in [0.3, 0.4) is 0 Å². The number of hydrogen-bond donors (Lipinski definition) is 2. The standard InChI is InChI=1S/C14H18O14/c1-6(15)11(12(20)27-24-8(3)17)14(22,13(21)28-25-9(4)18)5-10(19)26-23-7(2)16/h6,11,15,22H,5H2,1-4H3. The maximum absolute atomic E-state index is 12.1. The van der Waals surface area contributed by atoms with Crippen molar-refractivity contribution in [2.24, 2.45) is 5.92 Å². The fourth-order valence-electron chi connectivity index (χ4n) is 1.77. The van der Waals surface area contributed by atoms with E-state index < -0.39 is 59.9 Å². The van der Waals surface area contributed by atoms with E-state index >= 15 is 0 Å². The van der Waals surface area contributed by atoms with E-state index in [1.807, 2.05) is 0 Å². The van der Waals surface area contributed by atoms with Gasteiger partial charge in [-0.15, -0.1) is 0 Å². The molecule has 2 N–H and O–H groups in total. The Labute approximate surface area is 157 Å². The van der Waals surface area contributed by atoms with E-state index in [9.17, 15) is 39.0 Å². The van der Waals surface area contributed by atoms with Crippen molar-refractivity contribution in [3.05, 3.63) is 0 Å². The molecule has 0 fully saturated rings. The van der Waals surface area contributed by atoms with Crippen LogP contribution in [0.15, 0.2) is 0 Å². The molecule has 0 aromatic rings. The number of carbonyl (C=O) groups is 6. The van der Waals surface area contributed by atoms with E-state index in [0.29, 0.717) is 0 Å². The Kier molecular flexibility index (Phi) is 9.53. The first kappa shape index (κ1) is 24.7. The van der Waals surface area contributed by atoms with E-state index in [-0.39, 0.29) is 0 Å². The number of rotatable bonds is 6. The lowest BCUT2D eigenvalue weighted by Gasteiger charge is -2.31. The minimum absolute atomic E-state index is 0.822. The van der Waals surface area contributed by atoms with Crippen molar-refractivity contribution in [2.45, 2.75) is 45.8 Å². The molecule has 158 valence electrons. The van der Waals surface area contributed by atoms with Crippen LogP contribution in [0.1, 0.15) is 34.1 Å². The van der Waals surface area contributed by atoms with Gasteiger partial charge in [-0.25, -0.2) is 58.1 Å². The highest BCUT2D eigenvalue weighted by Gasteiger charge is 2.56. The second kappa shape index (κ2) is 10.8. The third-order valence-corrected chi connectivity index (χ3v) is 2.75. The molecule has 0 aromatic carbocycles. The average Bonchev–Trinajstić information content (AvgIpc) is 2.55. The minimum atomic E-state index is -3.27. The zero-order valence-electron chi connectivity index (χ0n) is 15.2. The highest BCUT2D eigenvalue weighted by molar-refractivity contribution is 5.92. The molecule has 0 saturated heterocycles. The molecule has 0 rings (SSSR count). The van der Waals surface area contributed by atoms with Gasteiger partial charge >= 0.3 is 35.8 Å².